The molecular weight excluding hydrogens is 490 g/mol. The molecule has 1 aromatic carbocycles. The van der Waals surface area contributed by atoms with Crippen molar-refractivity contribution in [3.8, 4) is 0 Å². The van der Waals surface area contributed by atoms with Crippen molar-refractivity contribution in [1.29, 1.82) is 0 Å². The third-order valence-electron chi connectivity index (χ3n) is 12.2. The lowest BCUT2D eigenvalue weighted by atomic mass is 9.47. The van der Waals surface area contributed by atoms with E-state index in [1.807, 2.05) is 19.1 Å². The van der Waals surface area contributed by atoms with Crippen LogP contribution in [0.2, 0.25) is 0 Å². The van der Waals surface area contributed by atoms with Crippen molar-refractivity contribution < 1.29 is 9.53 Å². The first-order chi connectivity index (χ1) is 18.9. The van der Waals surface area contributed by atoms with E-state index in [9.17, 15) is 4.79 Å². The predicted octanol–water partition coefficient (Wildman–Crippen LogP) is 9.87. The maximum Gasteiger partial charge on any atom is 0.338 e. The fourth-order valence-corrected chi connectivity index (χ4v) is 9.99. The normalized spacial score (nSPS) is 35.8. The van der Waals surface area contributed by atoms with Crippen LogP contribution in [0.1, 0.15) is 128 Å². The summed E-state index contributed by atoms with van der Waals surface area (Å²) in [6.45, 7) is 18.5. The minimum Gasteiger partial charge on any atom is -0.458 e. The van der Waals surface area contributed by atoms with Crippen LogP contribution in [-0.2, 0) is 4.74 Å². The van der Waals surface area contributed by atoms with Gasteiger partial charge >= 0.3 is 5.97 Å². The van der Waals surface area contributed by atoms with E-state index in [-0.39, 0.29) is 17.5 Å². The summed E-state index contributed by atoms with van der Waals surface area (Å²) in [5.41, 5.74) is 11.3. The lowest BCUT2D eigenvalue weighted by Gasteiger charge is -2.58. The summed E-state index contributed by atoms with van der Waals surface area (Å²) < 4.78 is 6.10. The number of ether oxygens (including phenoxy) is 1. The van der Waals surface area contributed by atoms with Gasteiger partial charge in [0.05, 0.1) is 5.56 Å². The van der Waals surface area contributed by atoms with Crippen molar-refractivity contribution >= 4 is 17.2 Å². The van der Waals surface area contributed by atoms with Gasteiger partial charge in [-0.25, -0.2) is 4.79 Å². The maximum absolute atomic E-state index is 13.1. The number of carbonyl (C=O) groups excluding carboxylic acids is 1. The Labute approximate surface area is 244 Å². The fourth-order valence-electron chi connectivity index (χ4n) is 9.99. The zero-order chi connectivity index (χ0) is 28.8. The number of anilines is 1. The summed E-state index contributed by atoms with van der Waals surface area (Å²) in [5, 5.41) is 0. The van der Waals surface area contributed by atoms with Crippen LogP contribution in [0.15, 0.2) is 36.4 Å². The van der Waals surface area contributed by atoms with Gasteiger partial charge in [0.2, 0.25) is 0 Å². The number of allylic oxidation sites excluding steroid dienone is 2. The molecule has 3 fully saturated rings. The molecule has 7 unspecified atom stereocenters. The number of esters is 1. The Morgan fingerprint density at radius 2 is 1.77 bits per heavy atom. The quantitative estimate of drug-likeness (QED) is 0.201. The molecule has 4 aliphatic rings. The number of nitrogen functional groups attached to an aromatic ring is 1. The Morgan fingerprint density at radius 1 is 1.02 bits per heavy atom. The van der Waals surface area contributed by atoms with Gasteiger partial charge in [0, 0.05) is 12.1 Å². The molecule has 3 nitrogen and oxygen atoms in total. The molecule has 0 radical (unpaired) electrons. The third-order valence-corrected chi connectivity index (χ3v) is 12.2. The van der Waals surface area contributed by atoms with Crippen LogP contribution in [0.5, 0.6) is 0 Å². The second kappa shape index (κ2) is 11.3. The molecule has 3 saturated carbocycles. The minimum atomic E-state index is -0.259. The molecule has 2 N–H and O–H groups in total. The molecule has 0 spiro atoms. The van der Waals surface area contributed by atoms with Crippen molar-refractivity contribution in [2.24, 2.45) is 46.3 Å². The lowest BCUT2D eigenvalue weighted by Crippen LogP contribution is -2.51. The van der Waals surface area contributed by atoms with Gasteiger partial charge in [-0.3, -0.25) is 0 Å². The first-order valence-electron chi connectivity index (χ1n) is 16.4. The molecule has 0 saturated heterocycles. The van der Waals surface area contributed by atoms with Gasteiger partial charge in [0.15, 0.2) is 0 Å². The molecule has 40 heavy (non-hydrogen) atoms. The molecular formula is C37H55NO2. The van der Waals surface area contributed by atoms with Crippen LogP contribution in [-0.4, -0.2) is 12.1 Å². The molecule has 0 aromatic heterocycles. The number of nitrogens with two attached hydrogens (primary N) is 1. The highest BCUT2D eigenvalue weighted by Crippen LogP contribution is 2.67. The van der Waals surface area contributed by atoms with Crippen molar-refractivity contribution in [3.05, 3.63) is 47.6 Å². The van der Waals surface area contributed by atoms with E-state index in [2.05, 4.69) is 47.3 Å². The van der Waals surface area contributed by atoms with Crippen molar-refractivity contribution in [2.45, 2.75) is 118 Å². The summed E-state index contributed by atoms with van der Waals surface area (Å²) in [6.07, 6.45) is 16.6. The number of hydrogen-bond donors (Lipinski definition) is 1. The molecule has 0 heterocycles. The van der Waals surface area contributed by atoms with E-state index < -0.39 is 0 Å². The summed E-state index contributed by atoms with van der Waals surface area (Å²) in [7, 11) is 0. The number of carbonyl (C=O) groups is 1. The van der Waals surface area contributed by atoms with Crippen molar-refractivity contribution in [3.63, 3.8) is 0 Å². The molecule has 4 aliphatic carbocycles. The molecule has 0 bridgehead atoms. The van der Waals surface area contributed by atoms with Crippen LogP contribution < -0.4 is 5.73 Å². The average molecular weight is 546 g/mol. The zero-order valence-electron chi connectivity index (χ0n) is 26.2. The van der Waals surface area contributed by atoms with Crippen LogP contribution in [0.3, 0.4) is 0 Å². The van der Waals surface area contributed by atoms with E-state index in [1.54, 1.807) is 11.6 Å². The Morgan fingerprint density at radius 3 is 2.50 bits per heavy atom. The van der Waals surface area contributed by atoms with E-state index in [4.69, 9.17) is 10.5 Å². The Bertz CT molecular complexity index is 1150. The highest BCUT2D eigenvalue weighted by Gasteiger charge is 2.59. The Hall–Kier alpha value is -2.03. The molecule has 220 valence electrons. The largest absolute Gasteiger partial charge is 0.458 e. The van der Waals surface area contributed by atoms with Gasteiger partial charge in [-0.15, -0.1) is 0 Å². The average Bonchev–Trinajstić information content (AvgIpc) is 3.25. The number of benzene rings is 1. The molecule has 3 heteroatoms. The van der Waals surface area contributed by atoms with Crippen LogP contribution >= 0.6 is 0 Å². The number of fused-ring (bicyclic) bond motifs is 5. The summed E-state index contributed by atoms with van der Waals surface area (Å²) in [4.78, 5) is 13.1. The minimum absolute atomic E-state index is 0.0468. The number of hydrogen-bond acceptors (Lipinski definition) is 3. The fraction of sp³-hybridized carbons (Fsp3) is 0.703. The lowest BCUT2D eigenvalue weighted by molar-refractivity contribution is -0.0594. The number of rotatable bonds is 8. The van der Waals surface area contributed by atoms with E-state index in [0.29, 0.717) is 16.7 Å². The topological polar surface area (TPSA) is 52.3 Å². The second-order valence-electron chi connectivity index (χ2n) is 15.2. The van der Waals surface area contributed by atoms with Gasteiger partial charge in [-0.05, 0) is 122 Å². The van der Waals surface area contributed by atoms with Crippen LogP contribution in [0.25, 0.3) is 5.57 Å². The van der Waals surface area contributed by atoms with Crippen molar-refractivity contribution in [1.82, 2.24) is 0 Å². The Kier molecular flexibility index (Phi) is 8.35. The summed E-state index contributed by atoms with van der Waals surface area (Å²) >= 11 is 0. The predicted molar refractivity (Wildman–Crippen MR) is 168 cm³/mol. The molecule has 0 amide bonds. The van der Waals surface area contributed by atoms with Gasteiger partial charge in [0.25, 0.3) is 0 Å². The highest BCUT2D eigenvalue weighted by atomic mass is 16.5. The zero-order valence-corrected chi connectivity index (χ0v) is 26.2. The van der Waals surface area contributed by atoms with Gasteiger partial charge in [0.1, 0.15) is 6.10 Å². The first-order valence-corrected chi connectivity index (χ1v) is 16.4. The van der Waals surface area contributed by atoms with Crippen molar-refractivity contribution in [2.75, 3.05) is 5.73 Å². The molecule has 0 aliphatic heterocycles. The van der Waals surface area contributed by atoms with E-state index in [1.165, 1.54) is 51.4 Å². The van der Waals surface area contributed by atoms with Crippen LogP contribution in [0.4, 0.5) is 5.69 Å². The SMILES string of the molecule is C=C(C)c1cc(N)cc(C(=O)OC2CCC3(C)C(=CC[C@H]4C3CCC3(C)C(C(C)CCCC(C)C)CCC43)C2)c1. The molecule has 5 rings (SSSR count). The maximum atomic E-state index is 13.1. The van der Waals surface area contributed by atoms with Gasteiger partial charge in [-0.2, -0.15) is 0 Å². The second-order valence-corrected chi connectivity index (χ2v) is 15.2. The van der Waals surface area contributed by atoms with Crippen LogP contribution in [0, 0.1) is 46.3 Å². The standard InChI is InChI=1S/C37H55NO2/c1-23(2)9-8-10-25(5)32-13-14-33-31-12-11-28-22-30(15-17-36(28,6)34(31)16-18-37(32,33)7)40-35(39)27-19-26(24(3)4)20-29(38)21-27/h11,19-21,23,25,30-34H,3,8-10,12-18,22,38H2,1-2,4-7H3/t25?,30?,31-,32?,33?,34?,36?,37?/m1/s1. The van der Waals surface area contributed by atoms with E-state index in [0.717, 1.165) is 65.9 Å². The first kappa shape index (κ1) is 29.5. The smallest absolute Gasteiger partial charge is 0.338 e. The molecule has 8 atom stereocenters. The Balaban J connectivity index is 1.25. The summed E-state index contributed by atoms with van der Waals surface area (Å²) in [6, 6.07) is 5.45. The highest BCUT2D eigenvalue weighted by molar-refractivity contribution is 5.92. The van der Waals surface area contributed by atoms with Gasteiger partial charge < -0.3 is 10.5 Å². The monoisotopic (exact) mass is 545 g/mol. The van der Waals surface area contributed by atoms with E-state index >= 15 is 0 Å². The summed E-state index contributed by atoms with van der Waals surface area (Å²) in [5.74, 6) is 4.80. The molecule has 1 aromatic rings. The van der Waals surface area contributed by atoms with Gasteiger partial charge in [-0.1, -0.05) is 77.7 Å². The third kappa shape index (κ3) is 5.43.